The predicted octanol–water partition coefficient (Wildman–Crippen LogP) is 3.51. The van der Waals surface area contributed by atoms with Crippen molar-refractivity contribution in [3.8, 4) is 5.75 Å². The molecule has 0 fully saturated rings. The number of nitrogens with one attached hydrogen (secondary N) is 1. The maximum absolute atomic E-state index is 11.6. The first kappa shape index (κ1) is 15.2. The number of fused-ring (bicyclic) bond motifs is 1. The van der Waals surface area contributed by atoms with Crippen LogP contribution in [0.15, 0.2) is 28.9 Å². The number of benzene rings is 1. The van der Waals surface area contributed by atoms with Gasteiger partial charge in [-0.1, -0.05) is 0 Å². The van der Waals surface area contributed by atoms with E-state index in [0.29, 0.717) is 13.0 Å². The molecule has 0 bridgehead atoms. The van der Waals surface area contributed by atoms with Crippen LogP contribution in [0.3, 0.4) is 0 Å². The summed E-state index contributed by atoms with van der Waals surface area (Å²) in [6.45, 7) is 6.01. The standard InChI is InChI=1S/C16H21NO4/c1-16(2,3)21-15(18)17-8-7-11-10-20-14-9-12(19-4)5-6-13(11)14/h5-6,9-10H,7-8H2,1-4H3,(H,17,18). The van der Waals surface area contributed by atoms with E-state index in [0.717, 1.165) is 22.3 Å². The van der Waals surface area contributed by atoms with Gasteiger partial charge in [0, 0.05) is 18.0 Å². The van der Waals surface area contributed by atoms with E-state index < -0.39 is 11.7 Å². The monoisotopic (exact) mass is 291 g/mol. The third kappa shape index (κ3) is 4.15. The Hall–Kier alpha value is -2.17. The van der Waals surface area contributed by atoms with E-state index in [-0.39, 0.29) is 0 Å². The quantitative estimate of drug-likeness (QED) is 0.936. The molecule has 21 heavy (non-hydrogen) atoms. The normalized spacial score (nSPS) is 11.4. The highest BCUT2D eigenvalue weighted by atomic mass is 16.6. The lowest BCUT2D eigenvalue weighted by atomic mass is 10.1. The Kier molecular flexibility index (Phi) is 4.40. The van der Waals surface area contributed by atoms with Crippen molar-refractivity contribution in [1.29, 1.82) is 0 Å². The zero-order valence-corrected chi connectivity index (χ0v) is 12.9. The van der Waals surface area contributed by atoms with E-state index in [1.807, 2.05) is 39.0 Å². The molecule has 2 rings (SSSR count). The van der Waals surface area contributed by atoms with Crippen LogP contribution in [0.5, 0.6) is 5.75 Å². The highest BCUT2D eigenvalue weighted by molar-refractivity contribution is 5.82. The SMILES string of the molecule is COc1ccc2c(CCNC(=O)OC(C)(C)C)coc2c1. The van der Waals surface area contributed by atoms with Gasteiger partial charge in [-0.3, -0.25) is 0 Å². The fraction of sp³-hybridized carbons (Fsp3) is 0.438. The minimum Gasteiger partial charge on any atom is -0.497 e. The van der Waals surface area contributed by atoms with E-state index in [1.165, 1.54) is 0 Å². The second kappa shape index (κ2) is 6.08. The van der Waals surface area contributed by atoms with E-state index in [9.17, 15) is 4.79 Å². The molecule has 0 saturated heterocycles. The fourth-order valence-corrected chi connectivity index (χ4v) is 2.00. The summed E-state index contributed by atoms with van der Waals surface area (Å²) >= 11 is 0. The van der Waals surface area contributed by atoms with Gasteiger partial charge >= 0.3 is 6.09 Å². The van der Waals surface area contributed by atoms with Crippen LogP contribution >= 0.6 is 0 Å². The lowest BCUT2D eigenvalue weighted by Gasteiger charge is -2.19. The van der Waals surface area contributed by atoms with Gasteiger partial charge < -0.3 is 19.2 Å². The maximum Gasteiger partial charge on any atom is 0.407 e. The van der Waals surface area contributed by atoms with Crippen molar-refractivity contribution >= 4 is 17.1 Å². The number of furan rings is 1. The highest BCUT2D eigenvalue weighted by Gasteiger charge is 2.15. The molecular formula is C16H21NO4. The summed E-state index contributed by atoms with van der Waals surface area (Å²) < 4.78 is 15.8. The van der Waals surface area contributed by atoms with Crippen LogP contribution in [0.4, 0.5) is 4.79 Å². The minimum absolute atomic E-state index is 0.406. The molecule has 0 aliphatic carbocycles. The second-order valence-electron chi connectivity index (χ2n) is 5.80. The summed E-state index contributed by atoms with van der Waals surface area (Å²) in [4.78, 5) is 11.6. The first-order valence-electron chi connectivity index (χ1n) is 6.90. The van der Waals surface area contributed by atoms with Gasteiger partial charge in [0.25, 0.3) is 0 Å². The molecule has 5 heteroatoms. The van der Waals surface area contributed by atoms with E-state index in [1.54, 1.807) is 13.4 Å². The van der Waals surface area contributed by atoms with Gasteiger partial charge in [0.1, 0.15) is 16.9 Å². The molecule has 0 atom stereocenters. The van der Waals surface area contributed by atoms with Crippen molar-refractivity contribution in [2.75, 3.05) is 13.7 Å². The summed E-state index contributed by atoms with van der Waals surface area (Å²) in [6.07, 6.45) is 1.98. The molecule has 114 valence electrons. The molecular weight excluding hydrogens is 270 g/mol. The molecule has 1 N–H and O–H groups in total. The van der Waals surface area contributed by atoms with Gasteiger partial charge in [0.2, 0.25) is 0 Å². The van der Waals surface area contributed by atoms with Gasteiger partial charge in [-0.2, -0.15) is 0 Å². The summed E-state index contributed by atoms with van der Waals surface area (Å²) in [5, 5.41) is 3.77. The van der Waals surface area contributed by atoms with E-state index in [4.69, 9.17) is 13.9 Å². The highest BCUT2D eigenvalue weighted by Crippen LogP contribution is 2.25. The number of rotatable bonds is 4. The Bertz CT molecular complexity index is 625. The largest absolute Gasteiger partial charge is 0.497 e. The maximum atomic E-state index is 11.6. The van der Waals surface area contributed by atoms with Crippen LogP contribution in [0, 0.1) is 0 Å². The zero-order valence-electron chi connectivity index (χ0n) is 12.9. The Labute approximate surface area is 124 Å². The molecule has 1 heterocycles. The summed E-state index contributed by atoms with van der Waals surface area (Å²) in [5.41, 5.74) is 1.34. The topological polar surface area (TPSA) is 60.7 Å². The summed E-state index contributed by atoms with van der Waals surface area (Å²) in [6, 6.07) is 5.70. The van der Waals surface area contributed by atoms with Crippen LogP contribution in [0.2, 0.25) is 0 Å². The number of carbonyl (C=O) groups is 1. The van der Waals surface area contributed by atoms with Gasteiger partial charge in [-0.05, 0) is 44.9 Å². The van der Waals surface area contributed by atoms with Gasteiger partial charge in [0.05, 0.1) is 13.4 Å². The van der Waals surface area contributed by atoms with Crippen molar-refractivity contribution in [3.05, 3.63) is 30.0 Å². The van der Waals surface area contributed by atoms with E-state index >= 15 is 0 Å². The molecule has 0 unspecified atom stereocenters. The van der Waals surface area contributed by atoms with Crippen LogP contribution in [0.1, 0.15) is 26.3 Å². The molecule has 0 aliphatic rings. The molecule has 0 saturated carbocycles. The Balaban J connectivity index is 1.93. The lowest BCUT2D eigenvalue weighted by Crippen LogP contribution is -2.33. The van der Waals surface area contributed by atoms with Crippen molar-refractivity contribution in [1.82, 2.24) is 5.32 Å². The van der Waals surface area contributed by atoms with Crippen LogP contribution in [0.25, 0.3) is 11.0 Å². The fourth-order valence-electron chi connectivity index (χ4n) is 2.00. The molecule has 1 aromatic carbocycles. The Morgan fingerprint density at radius 1 is 1.33 bits per heavy atom. The van der Waals surface area contributed by atoms with Crippen LogP contribution in [-0.2, 0) is 11.2 Å². The van der Waals surface area contributed by atoms with Gasteiger partial charge in [-0.15, -0.1) is 0 Å². The number of hydrogen-bond acceptors (Lipinski definition) is 4. The number of ether oxygens (including phenoxy) is 2. The first-order valence-corrected chi connectivity index (χ1v) is 6.90. The molecule has 0 aliphatic heterocycles. The Morgan fingerprint density at radius 3 is 2.76 bits per heavy atom. The molecule has 5 nitrogen and oxygen atoms in total. The van der Waals surface area contributed by atoms with Crippen molar-refractivity contribution < 1.29 is 18.7 Å². The first-order chi connectivity index (χ1) is 9.89. The average Bonchev–Trinajstić information content (AvgIpc) is 2.79. The molecule has 0 spiro atoms. The van der Waals surface area contributed by atoms with Crippen molar-refractivity contribution in [2.24, 2.45) is 0 Å². The molecule has 2 aromatic rings. The summed E-state index contributed by atoms with van der Waals surface area (Å²) in [5.74, 6) is 0.760. The van der Waals surface area contributed by atoms with Crippen LogP contribution in [-0.4, -0.2) is 25.3 Å². The second-order valence-corrected chi connectivity index (χ2v) is 5.80. The number of hydrogen-bond donors (Lipinski definition) is 1. The molecule has 0 radical (unpaired) electrons. The number of methoxy groups -OCH3 is 1. The third-order valence-electron chi connectivity index (χ3n) is 2.93. The average molecular weight is 291 g/mol. The third-order valence-corrected chi connectivity index (χ3v) is 2.93. The zero-order chi connectivity index (χ0) is 15.5. The summed E-state index contributed by atoms with van der Waals surface area (Å²) in [7, 11) is 1.62. The smallest absolute Gasteiger partial charge is 0.407 e. The van der Waals surface area contributed by atoms with Gasteiger partial charge in [0.15, 0.2) is 0 Å². The molecule has 1 amide bonds. The lowest BCUT2D eigenvalue weighted by molar-refractivity contribution is 0.0528. The minimum atomic E-state index is -0.483. The van der Waals surface area contributed by atoms with Crippen LogP contribution < -0.4 is 10.1 Å². The van der Waals surface area contributed by atoms with Crippen molar-refractivity contribution in [2.45, 2.75) is 32.8 Å². The number of carbonyl (C=O) groups excluding carboxylic acids is 1. The Morgan fingerprint density at radius 2 is 2.10 bits per heavy atom. The predicted molar refractivity (Wildman–Crippen MR) is 80.7 cm³/mol. The van der Waals surface area contributed by atoms with E-state index in [2.05, 4.69) is 5.32 Å². The van der Waals surface area contributed by atoms with Crippen molar-refractivity contribution in [3.63, 3.8) is 0 Å². The number of amides is 1. The number of alkyl carbamates (subject to hydrolysis) is 1. The van der Waals surface area contributed by atoms with Gasteiger partial charge in [-0.25, -0.2) is 4.79 Å². The molecule has 1 aromatic heterocycles.